The Hall–Kier alpha value is -1.79. The van der Waals surface area contributed by atoms with Crippen LogP contribution >= 0.6 is 23.4 Å². The fourth-order valence-corrected chi connectivity index (χ4v) is 2.69. The van der Waals surface area contributed by atoms with Crippen LogP contribution in [0.15, 0.2) is 41.0 Å². The molecule has 7 heteroatoms. The third-order valence-electron chi connectivity index (χ3n) is 2.66. The quantitative estimate of drug-likeness (QED) is 0.829. The highest BCUT2D eigenvalue weighted by Crippen LogP contribution is 2.25. The van der Waals surface area contributed by atoms with Crippen LogP contribution in [0.4, 0.5) is 0 Å². The number of rotatable bonds is 6. The summed E-state index contributed by atoms with van der Waals surface area (Å²) >= 11 is 7.13. The number of hydrogen-bond acceptors (Lipinski definition) is 4. The number of nitrogens with two attached hydrogens (primary N) is 1. The van der Waals surface area contributed by atoms with Gasteiger partial charge in [-0.3, -0.25) is 9.36 Å². The molecule has 0 bridgehead atoms. The molecule has 0 aliphatic rings. The molecule has 5 nitrogen and oxygen atoms in total. The summed E-state index contributed by atoms with van der Waals surface area (Å²) in [5.41, 5.74) is 7.31. The Morgan fingerprint density at radius 3 is 2.86 bits per heavy atom. The van der Waals surface area contributed by atoms with E-state index >= 15 is 0 Å². The Bertz CT molecular complexity index is 683. The molecule has 1 heterocycles. The highest BCUT2D eigenvalue weighted by atomic mass is 35.5. The van der Waals surface area contributed by atoms with Crippen molar-refractivity contribution in [1.82, 2.24) is 14.8 Å². The zero-order chi connectivity index (χ0) is 15.4. The molecule has 0 unspecified atom stereocenters. The van der Waals surface area contributed by atoms with E-state index < -0.39 is 5.91 Å². The first-order valence-electron chi connectivity index (χ1n) is 6.22. The molecule has 1 amide bonds. The van der Waals surface area contributed by atoms with Crippen LogP contribution in [0, 0.1) is 6.92 Å². The van der Waals surface area contributed by atoms with Gasteiger partial charge in [0.25, 0.3) is 0 Å². The lowest BCUT2D eigenvalue weighted by molar-refractivity contribution is -0.118. The summed E-state index contributed by atoms with van der Waals surface area (Å²) in [6.07, 6.45) is 0. The second kappa shape index (κ2) is 6.78. The van der Waals surface area contributed by atoms with Crippen LogP contribution in [0.3, 0.4) is 0 Å². The van der Waals surface area contributed by atoms with E-state index in [1.807, 2.05) is 31.2 Å². The molecule has 1 aromatic heterocycles. The minimum Gasteiger partial charge on any atom is -0.368 e. The van der Waals surface area contributed by atoms with Gasteiger partial charge in [-0.05, 0) is 13.0 Å². The van der Waals surface area contributed by atoms with Gasteiger partial charge in [-0.25, -0.2) is 0 Å². The lowest BCUT2D eigenvalue weighted by Crippen LogP contribution is -2.20. The molecule has 0 saturated carbocycles. The predicted molar refractivity (Wildman–Crippen MR) is 85.1 cm³/mol. The van der Waals surface area contributed by atoms with Gasteiger partial charge in [0, 0.05) is 16.3 Å². The van der Waals surface area contributed by atoms with Crippen molar-refractivity contribution in [3.8, 4) is 11.4 Å². The van der Waals surface area contributed by atoms with E-state index in [9.17, 15) is 4.79 Å². The summed E-state index contributed by atoms with van der Waals surface area (Å²) in [6, 6.07) is 7.83. The van der Waals surface area contributed by atoms with Crippen molar-refractivity contribution in [2.45, 2.75) is 18.6 Å². The first-order chi connectivity index (χ1) is 9.97. The Labute approximate surface area is 132 Å². The van der Waals surface area contributed by atoms with Crippen LogP contribution in [-0.2, 0) is 11.3 Å². The third-order valence-corrected chi connectivity index (χ3v) is 4.01. The summed E-state index contributed by atoms with van der Waals surface area (Å²) in [7, 11) is 0. The molecule has 0 radical (unpaired) electrons. The van der Waals surface area contributed by atoms with Crippen molar-refractivity contribution < 1.29 is 4.79 Å². The molecule has 0 spiro atoms. The summed E-state index contributed by atoms with van der Waals surface area (Å²) < 4.78 is 1.70. The minimum atomic E-state index is -0.449. The summed E-state index contributed by atoms with van der Waals surface area (Å²) in [5.74, 6) is 0.655. The molecule has 0 atom stereocenters. The van der Waals surface area contributed by atoms with Gasteiger partial charge in [0.2, 0.25) is 5.91 Å². The van der Waals surface area contributed by atoms with Crippen molar-refractivity contribution >= 4 is 29.3 Å². The van der Waals surface area contributed by atoms with Crippen molar-refractivity contribution in [1.29, 1.82) is 0 Å². The van der Waals surface area contributed by atoms with Gasteiger partial charge >= 0.3 is 0 Å². The second-order valence-corrected chi connectivity index (χ2v) is 6.01. The van der Waals surface area contributed by atoms with Gasteiger partial charge in [-0.1, -0.05) is 53.7 Å². The molecule has 21 heavy (non-hydrogen) atoms. The van der Waals surface area contributed by atoms with Crippen LogP contribution in [0.1, 0.15) is 5.56 Å². The van der Waals surface area contributed by atoms with E-state index in [0.717, 1.165) is 11.1 Å². The maximum absolute atomic E-state index is 11.3. The molecular weight excluding hydrogens is 308 g/mol. The van der Waals surface area contributed by atoms with Crippen molar-refractivity contribution in [2.75, 3.05) is 5.75 Å². The van der Waals surface area contributed by atoms with Crippen LogP contribution < -0.4 is 5.73 Å². The van der Waals surface area contributed by atoms with E-state index in [2.05, 4.69) is 16.8 Å². The number of nitrogens with zero attached hydrogens (tertiary/aromatic N) is 3. The van der Waals surface area contributed by atoms with Crippen LogP contribution in [0.25, 0.3) is 11.4 Å². The highest BCUT2D eigenvalue weighted by molar-refractivity contribution is 7.99. The monoisotopic (exact) mass is 322 g/mol. The lowest BCUT2D eigenvalue weighted by Gasteiger charge is -2.08. The van der Waals surface area contributed by atoms with Gasteiger partial charge < -0.3 is 5.73 Å². The number of primary amides is 1. The predicted octanol–water partition coefficient (Wildman–Crippen LogP) is 2.58. The lowest BCUT2D eigenvalue weighted by atomic mass is 10.1. The number of hydrogen-bond donors (Lipinski definition) is 1. The van der Waals surface area contributed by atoms with E-state index in [0.29, 0.717) is 21.8 Å². The number of aromatic nitrogens is 3. The topological polar surface area (TPSA) is 73.8 Å². The number of thioether (sulfide) groups is 1. The molecule has 2 N–H and O–H groups in total. The van der Waals surface area contributed by atoms with Crippen molar-refractivity contribution in [2.24, 2.45) is 5.73 Å². The number of carbonyl (C=O) groups is 1. The average Bonchev–Trinajstić information content (AvgIpc) is 2.78. The first-order valence-corrected chi connectivity index (χ1v) is 7.58. The Morgan fingerprint density at radius 1 is 1.48 bits per heavy atom. The molecular formula is C14H15ClN4OS. The minimum absolute atomic E-state index is 0.0212. The summed E-state index contributed by atoms with van der Waals surface area (Å²) in [6.45, 7) is 5.65. The Balaban J connectivity index is 2.40. The third kappa shape index (κ3) is 4.09. The zero-order valence-electron chi connectivity index (χ0n) is 11.5. The van der Waals surface area contributed by atoms with Crippen LogP contribution in [-0.4, -0.2) is 26.4 Å². The molecule has 110 valence electrons. The van der Waals surface area contributed by atoms with E-state index in [-0.39, 0.29) is 6.54 Å². The largest absolute Gasteiger partial charge is 0.368 e. The molecule has 0 aliphatic heterocycles. The maximum atomic E-state index is 11.3. The fourth-order valence-electron chi connectivity index (χ4n) is 1.83. The number of carbonyl (C=O) groups excluding carboxylic acids is 1. The van der Waals surface area contributed by atoms with E-state index in [4.69, 9.17) is 17.3 Å². The molecule has 0 aliphatic carbocycles. The SMILES string of the molecule is C=C(Cl)CSc1nnc(-c2cccc(C)c2)n1CC(N)=O. The molecule has 2 aromatic rings. The first kappa shape index (κ1) is 15.6. The van der Waals surface area contributed by atoms with Gasteiger partial charge in [0.1, 0.15) is 6.54 Å². The van der Waals surface area contributed by atoms with Crippen LogP contribution in [0.5, 0.6) is 0 Å². The Morgan fingerprint density at radius 2 is 2.24 bits per heavy atom. The van der Waals surface area contributed by atoms with Gasteiger partial charge in [-0.2, -0.15) is 0 Å². The van der Waals surface area contributed by atoms with Gasteiger partial charge in [0.05, 0.1) is 0 Å². The van der Waals surface area contributed by atoms with E-state index in [1.54, 1.807) is 4.57 Å². The van der Waals surface area contributed by atoms with E-state index in [1.165, 1.54) is 11.8 Å². The van der Waals surface area contributed by atoms with Crippen LogP contribution in [0.2, 0.25) is 0 Å². The summed E-state index contributed by atoms with van der Waals surface area (Å²) in [4.78, 5) is 11.3. The highest BCUT2D eigenvalue weighted by Gasteiger charge is 2.16. The van der Waals surface area contributed by atoms with Crippen molar-refractivity contribution in [3.63, 3.8) is 0 Å². The normalized spacial score (nSPS) is 10.6. The number of benzene rings is 1. The maximum Gasteiger partial charge on any atom is 0.237 e. The van der Waals surface area contributed by atoms with Gasteiger partial charge in [0.15, 0.2) is 11.0 Å². The van der Waals surface area contributed by atoms with Gasteiger partial charge in [-0.15, -0.1) is 10.2 Å². The summed E-state index contributed by atoms with van der Waals surface area (Å²) in [5, 5.41) is 9.38. The zero-order valence-corrected chi connectivity index (χ0v) is 13.1. The molecule has 0 fully saturated rings. The molecule has 1 aromatic carbocycles. The molecule has 0 saturated heterocycles. The standard InChI is InChI=1S/C14H15ClN4OS/c1-9-4-3-5-11(6-9)13-17-18-14(21-8-10(2)15)19(13)7-12(16)20/h3-6H,2,7-8H2,1H3,(H2,16,20). The molecule has 2 rings (SSSR count). The number of halogens is 1. The smallest absolute Gasteiger partial charge is 0.237 e. The number of aryl methyl sites for hydroxylation is 1. The fraction of sp³-hybridized carbons (Fsp3) is 0.214. The second-order valence-electron chi connectivity index (χ2n) is 4.53. The Kier molecular flexibility index (Phi) is 5.03. The number of amides is 1. The average molecular weight is 323 g/mol. The van der Waals surface area contributed by atoms with Crippen molar-refractivity contribution in [3.05, 3.63) is 41.4 Å².